The van der Waals surface area contributed by atoms with E-state index in [4.69, 9.17) is 16.3 Å². The van der Waals surface area contributed by atoms with Gasteiger partial charge in [0.2, 0.25) is 5.91 Å². The van der Waals surface area contributed by atoms with E-state index in [-0.39, 0.29) is 5.91 Å². The Labute approximate surface area is 159 Å². The highest BCUT2D eigenvalue weighted by Crippen LogP contribution is 2.28. The summed E-state index contributed by atoms with van der Waals surface area (Å²) in [6.45, 7) is 0.942. The minimum atomic E-state index is 0.0352. The number of amides is 1. The van der Waals surface area contributed by atoms with Crippen LogP contribution in [-0.4, -0.2) is 46.7 Å². The maximum atomic E-state index is 12.3. The number of hydrogen-bond donors (Lipinski definition) is 0. The molecule has 0 spiro atoms. The maximum Gasteiger partial charge on any atom is 0.232 e. The lowest BCUT2D eigenvalue weighted by Crippen LogP contribution is -2.32. The predicted molar refractivity (Wildman–Crippen MR) is 103 cm³/mol. The van der Waals surface area contributed by atoms with E-state index < -0.39 is 0 Å². The van der Waals surface area contributed by atoms with Gasteiger partial charge < -0.3 is 9.64 Å². The Morgan fingerprint density at radius 1 is 1.28 bits per heavy atom. The largest absolute Gasteiger partial charge is 0.492 e. The van der Waals surface area contributed by atoms with Gasteiger partial charge in [-0.05, 0) is 35.7 Å². The molecule has 3 rings (SSSR count). The molecule has 0 N–H and O–H groups in total. The van der Waals surface area contributed by atoms with Crippen molar-refractivity contribution in [3.05, 3.63) is 47.1 Å². The summed E-state index contributed by atoms with van der Waals surface area (Å²) in [6, 6.07) is 9.11. The summed E-state index contributed by atoms with van der Waals surface area (Å²) in [5, 5.41) is 3.49. The van der Waals surface area contributed by atoms with Crippen LogP contribution in [0.4, 0.5) is 0 Å². The van der Waals surface area contributed by atoms with Gasteiger partial charge in [-0.3, -0.25) is 4.79 Å². The summed E-state index contributed by atoms with van der Waals surface area (Å²) in [6.07, 6.45) is 1.53. The Balaban J connectivity index is 1.46. The molecule has 2 aromatic heterocycles. The van der Waals surface area contributed by atoms with Crippen LogP contribution in [0.5, 0.6) is 5.75 Å². The first-order valence-corrected chi connectivity index (χ1v) is 9.81. The van der Waals surface area contributed by atoms with Gasteiger partial charge in [0.25, 0.3) is 0 Å². The zero-order chi connectivity index (χ0) is 17.6. The molecule has 3 aromatic rings. The molecule has 0 aliphatic carbocycles. The highest BCUT2D eigenvalue weighted by Gasteiger charge is 2.12. The van der Waals surface area contributed by atoms with Crippen LogP contribution in [-0.2, 0) is 4.79 Å². The van der Waals surface area contributed by atoms with Gasteiger partial charge in [0, 0.05) is 12.1 Å². The van der Waals surface area contributed by atoms with Crippen molar-refractivity contribution in [3.8, 4) is 5.75 Å². The van der Waals surface area contributed by atoms with Gasteiger partial charge in [0.15, 0.2) is 0 Å². The lowest BCUT2D eigenvalue weighted by molar-refractivity contribution is -0.127. The number of carbonyl (C=O) groups is 1. The molecular weight excluding hydrogens is 378 g/mol. The summed E-state index contributed by atoms with van der Waals surface area (Å²) in [5.74, 6) is 1.11. The van der Waals surface area contributed by atoms with Gasteiger partial charge in [-0.25, -0.2) is 9.97 Å². The first-order valence-electron chi connectivity index (χ1n) is 7.57. The van der Waals surface area contributed by atoms with Gasteiger partial charge in [0.1, 0.15) is 23.7 Å². The first kappa shape index (κ1) is 18.0. The molecule has 130 valence electrons. The zero-order valence-corrected chi connectivity index (χ0v) is 15.9. The Hall–Kier alpha value is -1.83. The number of hydrogen-bond acceptors (Lipinski definition) is 6. The summed E-state index contributed by atoms with van der Waals surface area (Å²) in [7, 11) is 1.77. The number of thioether (sulfide) groups is 1. The number of benzene rings is 1. The second-order valence-corrected chi connectivity index (χ2v) is 7.54. The van der Waals surface area contributed by atoms with Crippen LogP contribution in [0.1, 0.15) is 0 Å². The third kappa shape index (κ3) is 4.84. The molecule has 0 saturated heterocycles. The van der Waals surface area contributed by atoms with Crippen molar-refractivity contribution in [1.29, 1.82) is 0 Å². The van der Waals surface area contributed by atoms with Crippen molar-refractivity contribution in [2.45, 2.75) is 5.03 Å². The van der Waals surface area contributed by atoms with Crippen molar-refractivity contribution in [1.82, 2.24) is 14.9 Å². The standard InChI is InChI=1S/C17H16ClN3O2S2/c1-21(7-8-23-13-4-2-12(18)3-5-13)15(22)10-25-17-16-14(6-9-24-16)19-11-20-17/h2-6,9,11H,7-8,10H2,1H3. The van der Waals surface area contributed by atoms with E-state index in [0.29, 0.717) is 23.9 Å². The Morgan fingerprint density at radius 2 is 2.08 bits per heavy atom. The Morgan fingerprint density at radius 3 is 2.88 bits per heavy atom. The van der Waals surface area contributed by atoms with E-state index in [1.54, 1.807) is 47.5 Å². The maximum absolute atomic E-state index is 12.3. The predicted octanol–water partition coefficient (Wildman–Crippen LogP) is 3.97. The van der Waals surface area contributed by atoms with Crippen molar-refractivity contribution < 1.29 is 9.53 Å². The summed E-state index contributed by atoms with van der Waals surface area (Å²) >= 11 is 8.85. The molecule has 0 radical (unpaired) electrons. The number of carbonyl (C=O) groups excluding carboxylic acids is 1. The van der Waals surface area contributed by atoms with E-state index >= 15 is 0 Å². The molecule has 8 heteroatoms. The SMILES string of the molecule is CN(CCOc1ccc(Cl)cc1)C(=O)CSc1ncnc2ccsc12. The fourth-order valence-electron chi connectivity index (χ4n) is 2.07. The fraction of sp³-hybridized carbons (Fsp3) is 0.235. The number of rotatable bonds is 7. The second-order valence-electron chi connectivity index (χ2n) is 5.22. The first-order chi connectivity index (χ1) is 12.1. The number of ether oxygens (including phenoxy) is 1. The number of likely N-dealkylation sites (N-methyl/N-ethyl adjacent to an activating group) is 1. The van der Waals surface area contributed by atoms with Crippen LogP contribution in [0.15, 0.2) is 47.1 Å². The number of halogens is 1. The number of thiophene rings is 1. The van der Waals surface area contributed by atoms with E-state index in [9.17, 15) is 4.79 Å². The summed E-state index contributed by atoms with van der Waals surface area (Å²) < 4.78 is 6.64. The van der Waals surface area contributed by atoms with Crippen LogP contribution in [0, 0.1) is 0 Å². The smallest absolute Gasteiger partial charge is 0.232 e. The molecule has 0 fully saturated rings. The molecule has 25 heavy (non-hydrogen) atoms. The highest BCUT2D eigenvalue weighted by atomic mass is 35.5. The second kappa shape index (κ2) is 8.51. The minimum absolute atomic E-state index is 0.0352. The molecule has 2 heterocycles. The number of aromatic nitrogens is 2. The van der Waals surface area contributed by atoms with Crippen molar-refractivity contribution in [2.75, 3.05) is 26.0 Å². The van der Waals surface area contributed by atoms with E-state index in [1.807, 2.05) is 11.4 Å². The van der Waals surface area contributed by atoms with Crippen molar-refractivity contribution >= 4 is 50.8 Å². The van der Waals surface area contributed by atoms with Crippen LogP contribution in [0.2, 0.25) is 5.02 Å². The number of nitrogens with zero attached hydrogens (tertiary/aromatic N) is 3. The minimum Gasteiger partial charge on any atom is -0.492 e. The van der Waals surface area contributed by atoms with Crippen LogP contribution < -0.4 is 4.74 Å². The quantitative estimate of drug-likeness (QED) is 0.449. The summed E-state index contributed by atoms with van der Waals surface area (Å²) in [5.41, 5.74) is 0.916. The molecule has 5 nitrogen and oxygen atoms in total. The zero-order valence-electron chi connectivity index (χ0n) is 13.5. The van der Waals surface area contributed by atoms with Crippen LogP contribution in [0.25, 0.3) is 10.2 Å². The van der Waals surface area contributed by atoms with E-state index in [0.717, 1.165) is 21.0 Å². The summed E-state index contributed by atoms with van der Waals surface area (Å²) in [4.78, 5) is 22.4. The monoisotopic (exact) mass is 393 g/mol. The average Bonchev–Trinajstić information content (AvgIpc) is 3.10. The van der Waals surface area contributed by atoms with E-state index in [1.165, 1.54) is 18.1 Å². The molecule has 0 unspecified atom stereocenters. The third-order valence-corrected chi connectivity index (χ3v) is 5.74. The van der Waals surface area contributed by atoms with Crippen LogP contribution >= 0.6 is 34.7 Å². The van der Waals surface area contributed by atoms with E-state index in [2.05, 4.69) is 9.97 Å². The Bertz CT molecular complexity index is 854. The van der Waals surface area contributed by atoms with Gasteiger partial charge in [-0.15, -0.1) is 11.3 Å². The fourth-order valence-corrected chi connectivity index (χ4v) is 4.08. The van der Waals surface area contributed by atoms with Gasteiger partial charge in [-0.1, -0.05) is 23.4 Å². The normalized spacial score (nSPS) is 10.8. The van der Waals surface area contributed by atoms with Crippen LogP contribution in [0.3, 0.4) is 0 Å². The third-order valence-electron chi connectivity index (χ3n) is 3.48. The molecule has 1 aromatic carbocycles. The molecule has 0 aliphatic heterocycles. The van der Waals surface area contributed by atoms with Gasteiger partial charge in [0.05, 0.1) is 22.5 Å². The molecule has 0 aliphatic rings. The molecule has 0 saturated carbocycles. The van der Waals surface area contributed by atoms with Crippen molar-refractivity contribution in [3.63, 3.8) is 0 Å². The molecular formula is C17H16ClN3O2S2. The van der Waals surface area contributed by atoms with Gasteiger partial charge >= 0.3 is 0 Å². The van der Waals surface area contributed by atoms with Crippen molar-refractivity contribution in [2.24, 2.45) is 0 Å². The lowest BCUT2D eigenvalue weighted by atomic mass is 10.3. The average molecular weight is 394 g/mol. The Kier molecular flexibility index (Phi) is 6.12. The molecule has 0 bridgehead atoms. The van der Waals surface area contributed by atoms with Gasteiger partial charge in [-0.2, -0.15) is 0 Å². The topological polar surface area (TPSA) is 55.3 Å². The molecule has 1 amide bonds. The number of fused-ring (bicyclic) bond motifs is 1. The lowest BCUT2D eigenvalue weighted by Gasteiger charge is -2.17. The molecule has 0 atom stereocenters. The highest BCUT2D eigenvalue weighted by molar-refractivity contribution is 8.00.